The number of hydrogen-bond acceptors (Lipinski definition) is 3. The molecule has 0 saturated carbocycles. The summed E-state index contributed by atoms with van der Waals surface area (Å²) in [7, 11) is 0. The molecule has 2 N–H and O–H groups in total. The van der Waals surface area contributed by atoms with Crippen LogP contribution in [0, 0.1) is 0 Å². The number of aromatic amines is 1. The smallest absolute Gasteiger partial charge is 0.258 e. The third-order valence-corrected chi connectivity index (χ3v) is 2.47. The van der Waals surface area contributed by atoms with Crippen LogP contribution in [0.1, 0.15) is 23.7 Å². The first kappa shape index (κ1) is 12.1. The van der Waals surface area contributed by atoms with Crippen molar-refractivity contribution >= 4 is 11.6 Å². The van der Waals surface area contributed by atoms with Crippen LogP contribution in [0.5, 0.6) is 0 Å². The average Bonchev–Trinajstić information content (AvgIpc) is 2.87. The monoisotopic (exact) mass is 246 g/mol. The number of aromatic nitrogens is 3. The van der Waals surface area contributed by atoms with Crippen molar-refractivity contribution in [2.75, 3.05) is 5.32 Å². The van der Waals surface area contributed by atoms with Crippen LogP contribution in [0.2, 0.25) is 0 Å². The van der Waals surface area contributed by atoms with E-state index in [4.69, 9.17) is 0 Å². The van der Waals surface area contributed by atoms with Crippen molar-refractivity contribution in [3.8, 4) is 0 Å². The van der Waals surface area contributed by atoms with Gasteiger partial charge in [0.2, 0.25) is 0 Å². The molecule has 1 amide bonds. The standard InChI is InChI=1S/C12H14N4O2/c1-2-5-16-8-10(3-4-11(16)17)15-12(18)9-6-13-14-7-9/h3-4,6-8H,2,5H2,1H3,(H,13,14)(H,15,18). The molecule has 18 heavy (non-hydrogen) atoms. The van der Waals surface area contributed by atoms with Gasteiger partial charge < -0.3 is 9.88 Å². The second kappa shape index (κ2) is 5.31. The number of hydrogen-bond donors (Lipinski definition) is 2. The van der Waals surface area contributed by atoms with Gasteiger partial charge in [0.15, 0.2) is 0 Å². The highest BCUT2D eigenvalue weighted by molar-refractivity contribution is 6.03. The largest absolute Gasteiger partial charge is 0.321 e. The molecule has 0 aliphatic heterocycles. The Morgan fingerprint density at radius 3 is 3.00 bits per heavy atom. The van der Waals surface area contributed by atoms with Crippen molar-refractivity contribution in [3.05, 3.63) is 46.6 Å². The first-order valence-corrected chi connectivity index (χ1v) is 5.71. The molecule has 6 nitrogen and oxygen atoms in total. The summed E-state index contributed by atoms with van der Waals surface area (Å²) in [5, 5.41) is 8.99. The number of nitrogens with zero attached hydrogens (tertiary/aromatic N) is 2. The predicted molar refractivity (Wildman–Crippen MR) is 67.5 cm³/mol. The van der Waals surface area contributed by atoms with Gasteiger partial charge >= 0.3 is 0 Å². The summed E-state index contributed by atoms with van der Waals surface area (Å²) in [6.45, 7) is 2.62. The van der Waals surface area contributed by atoms with Gasteiger partial charge in [0.1, 0.15) is 0 Å². The lowest BCUT2D eigenvalue weighted by Crippen LogP contribution is -2.20. The number of rotatable bonds is 4. The predicted octanol–water partition coefficient (Wildman–Crippen LogP) is 1.23. The maximum atomic E-state index is 11.8. The maximum Gasteiger partial charge on any atom is 0.258 e. The van der Waals surface area contributed by atoms with E-state index in [1.807, 2.05) is 6.92 Å². The van der Waals surface area contributed by atoms with E-state index in [9.17, 15) is 9.59 Å². The fraction of sp³-hybridized carbons (Fsp3) is 0.250. The summed E-state index contributed by atoms with van der Waals surface area (Å²) < 4.78 is 1.57. The number of pyridine rings is 1. The molecule has 0 aliphatic carbocycles. The molecule has 0 unspecified atom stereocenters. The molecule has 0 bridgehead atoms. The zero-order chi connectivity index (χ0) is 13.0. The van der Waals surface area contributed by atoms with Gasteiger partial charge in [-0.1, -0.05) is 6.92 Å². The fourth-order valence-corrected chi connectivity index (χ4v) is 1.60. The third-order valence-electron chi connectivity index (χ3n) is 2.47. The lowest BCUT2D eigenvalue weighted by Gasteiger charge is -2.07. The van der Waals surface area contributed by atoms with Crippen LogP contribution in [0.4, 0.5) is 5.69 Å². The SMILES string of the molecule is CCCn1cc(NC(=O)c2cn[nH]c2)ccc1=O. The topological polar surface area (TPSA) is 79.8 Å². The number of aryl methyl sites for hydroxylation is 1. The number of carbonyl (C=O) groups is 1. The average molecular weight is 246 g/mol. The van der Waals surface area contributed by atoms with Gasteiger partial charge in [-0.2, -0.15) is 5.10 Å². The minimum absolute atomic E-state index is 0.0711. The van der Waals surface area contributed by atoms with Crippen LogP contribution < -0.4 is 10.9 Å². The van der Waals surface area contributed by atoms with Gasteiger partial charge in [0, 0.05) is 25.0 Å². The van der Waals surface area contributed by atoms with Crippen molar-refractivity contribution in [1.29, 1.82) is 0 Å². The molecular formula is C12H14N4O2. The van der Waals surface area contributed by atoms with E-state index in [1.165, 1.54) is 18.5 Å². The first-order valence-electron chi connectivity index (χ1n) is 5.71. The number of H-pyrrole nitrogens is 1. The van der Waals surface area contributed by atoms with Crippen molar-refractivity contribution in [3.63, 3.8) is 0 Å². The molecule has 0 aliphatic rings. The number of carbonyl (C=O) groups excluding carboxylic acids is 1. The van der Waals surface area contributed by atoms with Gasteiger partial charge in [-0.25, -0.2) is 0 Å². The number of nitrogens with one attached hydrogen (secondary N) is 2. The molecule has 0 atom stereocenters. The quantitative estimate of drug-likeness (QED) is 0.851. The Hall–Kier alpha value is -2.37. The second-order valence-corrected chi connectivity index (χ2v) is 3.89. The molecule has 2 aromatic heterocycles. The van der Waals surface area contributed by atoms with Crippen LogP contribution in [0.15, 0.2) is 35.5 Å². The zero-order valence-electron chi connectivity index (χ0n) is 10.0. The summed E-state index contributed by atoms with van der Waals surface area (Å²) >= 11 is 0. The van der Waals surface area contributed by atoms with Crippen LogP contribution in [-0.2, 0) is 6.54 Å². The van der Waals surface area contributed by atoms with E-state index >= 15 is 0 Å². The van der Waals surface area contributed by atoms with Crippen LogP contribution >= 0.6 is 0 Å². The van der Waals surface area contributed by atoms with Gasteiger partial charge in [-0.3, -0.25) is 14.7 Å². The Balaban J connectivity index is 2.17. The van der Waals surface area contributed by atoms with Crippen LogP contribution in [0.25, 0.3) is 0 Å². The van der Waals surface area contributed by atoms with E-state index in [1.54, 1.807) is 16.8 Å². The van der Waals surface area contributed by atoms with Crippen LogP contribution in [0.3, 0.4) is 0 Å². The number of amides is 1. The molecule has 0 radical (unpaired) electrons. The van der Waals surface area contributed by atoms with Gasteiger partial charge in [-0.05, 0) is 12.5 Å². The van der Waals surface area contributed by atoms with Crippen LogP contribution in [-0.4, -0.2) is 20.7 Å². The summed E-state index contributed by atoms with van der Waals surface area (Å²) in [6.07, 6.45) is 5.46. The summed E-state index contributed by atoms with van der Waals surface area (Å²) in [5.74, 6) is -0.259. The molecule has 94 valence electrons. The normalized spacial score (nSPS) is 10.3. The third kappa shape index (κ3) is 2.65. The maximum absolute atomic E-state index is 11.8. The molecular weight excluding hydrogens is 232 g/mol. The first-order chi connectivity index (χ1) is 8.70. The minimum Gasteiger partial charge on any atom is -0.321 e. The second-order valence-electron chi connectivity index (χ2n) is 3.89. The highest BCUT2D eigenvalue weighted by Crippen LogP contribution is 2.06. The molecule has 6 heteroatoms. The molecule has 0 aromatic carbocycles. The molecule has 0 fully saturated rings. The lowest BCUT2D eigenvalue weighted by molar-refractivity contribution is 0.102. The summed E-state index contributed by atoms with van der Waals surface area (Å²) in [4.78, 5) is 23.3. The van der Waals surface area contributed by atoms with Gasteiger partial charge in [0.25, 0.3) is 11.5 Å². The minimum atomic E-state index is -0.259. The van der Waals surface area contributed by atoms with Crippen molar-refractivity contribution in [1.82, 2.24) is 14.8 Å². The molecule has 0 spiro atoms. The van der Waals surface area contributed by atoms with E-state index < -0.39 is 0 Å². The van der Waals surface area contributed by atoms with Crippen molar-refractivity contribution < 1.29 is 4.79 Å². The Kier molecular flexibility index (Phi) is 3.57. The highest BCUT2D eigenvalue weighted by Gasteiger charge is 2.07. The Bertz CT molecular complexity index is 586. The fourth-order valence-electron chi connectivity index (χ4n) is 1.60. The van der Waals surface area contributed by atoms with Gasteiger partial charge in [-0.15, -0.1) is 0 Å². The summed E-state index contributed by atoms with van der Waals surface area (Å²) in [5.41, 5.74) is 0.968. The zero-order valence-corrected chi connectivity index (χ0v) is 10.0. The van der Waals surface area contributed by atoms with E-state index in [-0.39, 0.29) is 11.5 Å². The molecule has 2 aromatic rings. The summed E-state index contributed by atoms with van der Waals surface area (Å²) in [6, 6.07) is 3.03. The Morgan fingerprint density at radius 2 is 2.33 bits per heavy atom. The molecule has 2 rings (SSSR count). The molecule has 2 heterocycles. The molecule has 0 saturated heterocycles. The van der Waals surface area contributed by atoms with Gasteiger partial charge in [0.05, 0.1) is 17.4 Å². The Labute approximate surface area is 104 Å². The van der Waals surface area contributed by atoms with E-state index in [0.717, 1.165) is 6.42 Å². The van der Waals surface area contributed by atoms with E-state index in [0.29, 0.717) is 17.8 Å². The van der Waals surface area contributed by atoms with E-state index in [2.05, 4.69) is 15.5 Å². The number of anilines is 1. The van der Waals surface area contributed by atoms with Crippen molar-refractivity contribution in [2.24, 2.45) is 0 Å². The Morgan fingerprint density at radius 1 is 1.50 bits per heavy atom. The van der Waals surface area contributed by atoms with Crippen molar-refractivity contribution in [2.45, 2.75) is 19.9 Å². The lowest BCUT2D eigenvalue weighted by atomic mass is 10.3. The highest BCUT2D eigenvalue weighted by atomic mass is 16.1.